The van der Waals surface area contributed by atoms with E-state index < -0.39 is 0 Å². The molecule has 0 spiro atoms. The molecule has 192 valence electrons. The van der Waals surface area contributed by atoms with Gasteiger partial charge >= 0.3 is 0 Å². The van der Waals surface area contributed by atoms with E-state index in [9.17, 15) is 4.79 Å². The molecule has 11 heteroatoms. The van der Waals surface area contributed by atoms with Crippen molar-refractivity contribution in [2.45, 2.75) is 30.8 Å². The van der Waals surface area contributed by atoms with E-state index in [0.29, 0.717) is 40.1 Å². The molecule has 3 N–H and O–H groups in total. The number of thioether (sulfide) groups is 1. The fourth-order valence-electron chi connectivity index (χ4n) is 4.25. The van der Waals surface area contributed by atoms with Gasteiger partial charge in [0.1, 0.15) is 5.82 Å². The maximum absolute atomic E-state index is 13.4. The van der Waals surface area contributed by atoms with Gasteiger partial charge in [0.15, 0.2) is 5.16 Å². The first-order valence-corrected chi connectivity index (χ1v) is 13.3. The number of morpholine rings is 1. The number of hydrogen-bond acceptors (Lipinski definition) is 10. The first-order chi connectivity index (χ1) is 18.1. The first-order valence-electron chi connectivity index (χ1n) is 12.3. The van der Waals surface area contributed by atoms with E-state index in [0.717, 1.165) is 50.5 Å². The van der Waals surface area contributed by atoms with Gasteiger partial charge in [-0.3, -0.25) is 14.3 Å². The van der Waals surface area contributed by atoms with Crippen molar-refractivity contribution >= 4 is 40.2 Å². The molecule has 0 radical (unpaired) electrons. The standard InChI is InChI=1S/C26H30N8O2S/c1-18-7-2-4-9-20(18)28-25-31-22(30-24(27)32-25)17-37-26-29-21-10-5-3-8-19(21)23(35)34(26)12-6-11-33-13-15-36-16-14-33/h2-5,7-10H,6,11-17H2,1H3,(H3,27,28,30,31,32). The summed E-state index contributed by atoms with van der Waals surface area (Å²) in [6.45, 7) is 6.86. The summed E-state index contributed by atoms with van der Waals surface area (Å²) in [5.41, 5.74) is 8.60. The topological polar surface area (TPSA) is 124 Å². The Bertz CT molecular complexity index is 1440. The summed E-state index contributed by atoms with van der Waals surface area (Å²) < 4.78 is 7.21. The third-order valence-corrected chi connectivity index (χ3v) is 7.18. The van der Waals surface area contributed by atoms with Crippen LogP contribution in [0.25, 0.3) is 10.9 Å². The second-order valence-corrected chi connectivity index (χ2v) is 9.78. The summed E-state index contributed by atoms with van der Waals surface area (Å²) in [5, 5.41) is 4.47. The molecule has 0 unspecified atom stereocenters. The molecule has 0 atom stereocenters. The quantitative estimate of drug-likeness (QED) is 0.252. The zero-order chi connectivity index (χ0) is 25.6. The van der Waals surface area contributed by atoms with Crippen LogP contribution < -0.4 is 16.6 Å². The van der Waals surface area contributed by atoms with Crippen molar-refractivity contribution in [2.24, 2.45) is 0 Å². The van der Waals surface area contributed by atoms with Gasteiger partial charge in [-0.1, -0.05) is 42.1 Å². The molecule has 2 aromatic heterocycles. The van der Waals surface area contributed by atoms with Crippen LogP contribution in [0.3, 0.4) is 0 Å². The molecule has 0 bridgehead atoms. The molecule has 1 aliphatic rings. The van der Waals surface area contributed by atoms with Gasteiger partial charge in [-0.2, -0.15) is 15.0 Å². The normalized spacial score (nSPS) is 14.2. The van der Waals surface area contributed by atoms with E-state index in [4.69, 9.17) is 15.5 Å². The van der Waals surface area contributed by atoms with Gasteiger partial charge in [-0.15, -0.1) is 0 Å². The van der Waals surface area contributed by atoms with Gasteiger partial charge in [0.25, 0.3) is 5.56 Å². The number of ether oxygens (including phenoxy) is 1. The predicted octanol–water partition coefficient (Wildman–Crippen LogP) is 3.23. The van der Waals surface area contributed by atoms with Crippen LogP contribution in [0.5, 0.6) is 0 Å². The second-order valence-electron chi connectivity index (χ2n) is 8.84. The minimum Gasteiger partial charge on any atom is -0.379 e. The lowest BCUT2D eigenvalue weighted by molar-refractivity contribution is 0.0368. The highest BCUT2D eigenvalue weighted by molar-refractivity contribution is 7.98. The molecule has 37 heavy (non-hydrogen) atoms. The monoisotopic (exact) mass is 518 g/mol. The fourth-order valence-corrected chi connectivity index (χ4v) is 5.13. The molecule has 5 rings (SSSR count). The van der Waals surface area contributed by atoms with Gasteiger partial charge < -0.3 is 15.8 Å². The summed E-state index contributed by atoms with van der Waals surface area (Å²) >= 11 is 1.42. The van der Waals surface area contributed by atoms with Crippen LogP contribution in [-0.4, -0.2) is 62.3 Å². The Balaban J connectivity index is 1.35. The third kappa shape index (κ3) is 6.24. The number of rotatable bonds is 9. The molecule has 1 saturated heterocycles. The first kappa shape index (κ1) is 25.1. The Morgan fingerprint density at radius 2 is 1.78 bits per heavy atom. The zero-order valence-corrected chi connectivity index (χ0v) is 21.6. The van der Waals surface area contributed by atoms with Gasteiger partial charge in [0.2, 0.25) is 11.9 Å². The van der Waals surface area contributed by atoms with Crippen molar-refractivity contribution in [1.82, 2.24) is 29.4 Å². The van der Waals surface area contributed by atoms with Crippen molar-refractivity contribution in [3.8, 4) is 0 Å². The summed E-state index contributed by atoms with van der Waals surface area (Å²) in [4.78, 5) is 33.7. The molecular formula is C26H30N8O2S. The number of nitrogens with two attached hydrogens (primary N) is 1. The van der Waals surface area contributed by atoms with E-state index >= 15 is 0 Å². The molecule has 3 heterocycles. The molecule has 1 aliphatic heterocycles. The number of nitrogen functional groups attached to an aromatic ring is 1. The SMILES string of the molecule is Cc1ccccc1Nc1nc(N)nc(CSc2nc3ccccc3c(=O)n2CCCN2CCOCC2)n1. The molecule has 0 aliphatic carbocycles. The highest BCUT2D eigenvalue weighted by atomic mass is 32.2. The number of aromatic nitrogens is 5. The Kier molecular flexibility index (Phi) is 7.93. The van der Waals surface area contributed by atoms with Crippen LogP contribution in [-0.2, 0) is 17.0 Å². The van der Waals surface area contributed by atoms with Gasteiger partial charge in [-0.05, 0) is 37.1 Å². The average molecular weight is 519 g/mol. The molecule has 0 saturated carbocycles. The Morgan fingerprint density at radius 3 is 2.62 bits per heavy atom. The summed E-state index contributed by atoms with van der Waals surface area (Å²) in [7, 11) is 0. The number of benzene rings is 2. The highest BCUT2D eigenvalue weighted by Crippen LogP contribution is 2.23. The summed E-state index contributed by atoms with van der Waals surface area (Å²) in [6.07, 6.45) is 0.844. The summed E-state index contributed by atoms with van der Waals surface area (Å²) in [6, 6.07) is 15.3. The van der Waals surface area contributed by atoms with Crippen molar-refractivity contribution in [2.75, 3.05) is 43.9 Å². The third-order valence-electron chi connectivity index (χ3n) is 6.21. The second kappa shape index (κ2) is 11.7. The van der Waals surface area contributed by atoms with Gasteiger partial charge in [-0.25, -0.2) is 4.98 Å². The van der Waals surface area contributed by atoms with Crippen LogP contribution in [0.15, 0.2) is 58.5 Å². The summed E-state index contributed by atoms with van der Waals surface area (Å²) in [5.74, 6) is 1.42. The lowest BCUT2D eigenvalue weighted by atomic mass is 10.2. The predicted molar refractivity (Wildman–Crippen MR) is 146 cm³/mol. The van der Waals surface area contributed by atoms with E-state index in [1.807, 2.05) is 55.5 Å². The van der Waals surface area contributed by atoms with Crippen LogP contribution in [0.1, 0.15) is 17.8 Å². The lowest BCUT2D eigenvalue weighted by Gasteiger charge is -2.26. The number of nitrogens with zero attached hydrogens (tertiary/aromatic N) is 6. The van der Waals surface area contributed by atoms with Gasteiger partial charge in [0, 0.05) is 31.9 Å². The number of aryl methyl sites for hydroxylation is 1. The van der Waals surface area contributed by atoms with E-state index in [1.165, 1.54) is 11.8 Å². The average Bonchev–Trinajstić information content (AvgIpc) is 2.90. The van der Waals surface area contributed by atoms with Crippen LogP contribution in [0, 0.1) is 6.92 Å². The molecule has 0 amide bonds. The van der Waals surface area contributed by atoms with Crippen LogP contribution in [0.2, 0.25) is 0 Å². The Hall–Kier alpha value is -3.54. The van der Waals surface area contributed by atoms with E-state index in [-0.39, 0.29) is 11.5 Å². The number of hydrogen-bond donors (Lipinski definition) is 2. The molecule has 1 fully saturated rings. The van der Waals surface area contributed by atoms with Crippen LogP contribution >= 0.6 is 11.8 Å². The fraction of sp³-hybridized carbons (Fsp3) is 0.346. The number of para-hydroxylation sites is 2. The van der Waals surface area contributed by atoms with Gasteiger partial charge in [0.05, 0.1) is 29.9 Å². The van der Waals surface area contributed by atoms with Crippen molar-refractivity contribution < 1.29 is 4.74 Å². The number of nitrogens with one attached hydrogen (secondary N) is 1. The smallest absolute Gasteiger partial charge is 0.262 e. The van der Waals surface area contributed by atoms with E-state index in [2.05, 4.69) is 25.2 Å². The Labute approximate surface area is 219 Å². The number of anilines is 3. The molecule has 2 aromatic carbocycles. The van der Waals surface area contributed by atoms with E-state index in [1.54, 1.807) is 4.57 Å². The molecule has 4 aromatic rings. The number of fused-ring (bicyclic) bond motifs is 1. The molecular weight excluding hydrogens is 488 g/mol. The maximum atomic E-state index is 13.4. The zero-order valence-electron chi connectivity index (χ0n) is 20.8. The Morgan fingerprint density at radius 1 is 1.00 bits per heavy atom. The maximum Gasteiger partial charge on any atom is 0.262 e. The van der Waals surface area contributed by atoms with Crippen LogP contribution in [0.4, 0.5) is 17.6 Å². The minimum atomic E-state index is -0.0350. The van der Waals surface area contributed by atoms with Crippen molar-refractivity contribution in [3.05, 3.63) is 70.3 Å². The van der Waals surface area contributed by atoms with Crippen molar-refractivity contribution in [3.63, 3.8) is 0 Å². The highest BCUT2D eigenvalue weighted by Gasteiger charge is 2.15. The molecule has 10 nitrogen and oxygen atoms in total. The van der Waals surface area contributed by atoms with Crippen molar-refractivity contribution in [1.29, 1.82) is 0 Å². The largest absolute Gasteiger partial charge is 0.379 e. The minimum absolute atomic E-state index is 0.0350. The lowest BCUT2D eigenvalue weighted by Crippen LogP contribution is -2.37.